The number of ether oxygens (including phenoxy) is 1. The summed E-state index contributed by atoms with van der Waals surface area (Å²) in [5.74, 6) is 0.844. The number of likely N-dealkylation sites (tertiary alicyclic amines) is 2. The summed E-state index contributed by atoms with van der Waals surface area (Å²) in [6, 6.07) is 1.16. The Labute approximate surface area is 123 Å². The average molecular weight is 282 g/mol. The van der Waals surface area contributed by atoms with Crippen LogP contribution in [0, 0.1) is 5.92 Å². The Kier molecular flexibility index (Phi) is 5.32. The smallest absolute Gasteiger partial charge is 0.0586 e. The number of hydrogen-bond donors (Lipinski definition) is 1. The molecule has 0 amide bonds. The van der Waals surface area contributed by atoms with Crippen molar-refractivity contribution in [2.75, 3.05) is 46.0 Å². The van der Waals surface area contributed by atoms with Crippen molar-refractivity contribution in [2.45, 2.75) is 50.6 Å². The first-order valence-corrected chi connectivity index (χ1v) is 8.53. The molecular formula is C16H30N2O2. The molecule has 4 heteroatoms. The van der Waals surface area contributed by atoms with Gasteiger partial charge in [-0.3, -0.25) is 9.80 Å². The maximum absolute atomic E-state index is 9.47. The van der Waals surface area contributed by atoms with E-state index in [1.54, 1.807) is 0 Å². The zero-order valence-corrected chi connectivity index (χ0v) is 12.7. The molecule has 3 fully saturated rings. The number of rotatable bonds is 5. The third-order valence-electron chi connectivity index (χ3n) is 5.49. The topological polar surface area (TPSA) is 35.9 Å². The maximum atomic E-state index is 9.47. The Balaban J connectivity index is 1.50. The minimum Gasteiger partial charge on any atom is -0.395 e. The van der Waals surface area contributed by atoms with Gasteiger partial charge in [-0.15, -0.1) is 0 Å². The van der Waals surface area contributed by atoms with Crippen LogP contribution in [0.4, 0.5) is 0 Å². The van der Waals surface area contributed by atoms with E-state index >= 15 is 0 Å². The molecule has 0 aromatic heterocycles. The van der Waals surface area contributed by atoms with Crippen molar-refractivity contribution in [3.63, 3.8) is 0 Å². The van der Waals surface area contributed by atoms with Gasteiger partial charge in [0.25, 0.3) is 0 Å². The van der Waals surface area contributed by atoms with Gasteiger partial charge in [0.15, 0.2) is 0 Å². The first kappa shape index (κ1) is 14.8. The van der Waals surface area contributed by atoms with Crippen LogP contribution >= 0.6 is 0 Å². The van der Waals surface area contributed by atoms with Gasteiger partial charge < -0.3 is 9.84 Å². The van der Waals surface area contributed by atoms with Crippen LogP contribution in [0.5, 0.6) is 0 Å². The van der Waals surface area contributed by atoms with Gasteiger partial charge in [-0.25, -0.2) is 0 Å². The summed E-state index contributed by atoms with van der Waals surface area (Å²) in [5, 5.41) is 9.47. The van der Waals surface area contributed by atoms with Crippen molar-refractivity contribution in [2.24, 2.45) is 5.92 Å². The zero-order chi connectivity index (χ0) is 13.8. The lowest BCUT2D eigenvalue weighted by atomic mass is 9.99. The molecule has 0 saturated carbocycles. The van der Waals surface area contributed by atoms with Crippen molar-refractivity contribution >= 4 is 0 Å². The molecule has 3 aliphatic rings. The average Bonchev–Trinajstić information content (AvgIpc) is 3.10. The van der Waals surface area contributed by atoms with Crippen LogP contribution in [-0.2, 0) is 4.74 Å². The van der Waals surface area contributed by atoms with Gasteiger partial charge in [-0.2, -0.15) is 0 Å². The molecule has 116 valence electrons. The molecule has 0 aromatic rings. The predicted octanol–water partition coefficient (Wildman–Crippen LogP) is 1.33. The fraction of sp³-hybridized carbons (Fsp3) is 1.00. The highest BCUT2D eigenvalue weighted by molar-refractivity contribution is 4.88. The molecule has 2 unspecified atom stereocenters. The van der Waals surface area contributed by atoms with E-state index in [0.29, 0.717) is 12.6 Å². The lowest BCUT2D eigenvalue weighted by Gasteiger charge is -2.34. The first-order chi connectivity index (χ1) is 9.86. The SMILES string of the molecule is OCC1CCCN1CC1CCCN1CC1CCOCC1. The van der Waals surface area contributed by atoms with Crippen molar-refractivity contribution in [1.82, 2.24) is 9.80 Å². The Morgan fingerprint density at radius 3 is 2.20 bits per heavy atom. The molecule has 0 spiro atoms. The molecule has 0 radical (unpaired) electrons. The summed E-state index contributed by atoms with van der Waals surface area (Å²) in [6.07, 6.45) is 7.63. The molecule has 0 aromatic carbocycles. The summed E-state index contributed by atoms with van der Waals surface area (Å²) in [5.41, 5.74) is 0. The second-order valence-corrected chi connectivity index (χ2v) is 6.82. The molecule has 4 nitrogen and oxygen atoms in total. The minimum absolute atomic E-state index is 0.340. The van der Waals surface area contributed by atoms with Crippen LogP contribution in [-0.4, -0.2) is 73.0 Å². The van der Waals surface area contributed by atoms with Gasteiger partial charge in [-0.05, 0) is 57.5 Å². The Hall–Kier alpha value is -0.160. The van der Waals surface area contributed by atoms with Gasteiger partial charge >= 0.3 is 0 Å². The number of aliphatic hydroxyl groups is 1. The van der Waals surface area contributed by atoms with Gasteiger partial charge in [0.1, 0.15) is 0 Å². The standard InChI is InChI=1S/C16H30N2O2/c19-13-16-4-2-8-18(16)12-15-3-1-7-17(15)11-14-5-9-20-10-6-14/h14-16,19H,1-13H2. The van der Waals surface area contributed by atoms with E-state index in [-0.39, 0.29) is 0 Å². The second-order valence-electron chi connectivity index (χ2n) is 6.82. The summed E-state index contributed by atoms with van der Waals surface area (Å²) >= 11 is 0. The fourth-order valence-electron chi connectivity index (χ4n) is 4.22. The van der Waals surface area contributed by atoms with Gasteiger partial charge in [0, 0.05) is 38.4 Å². The quantitative estimate of drug-likeness (QED) is 0.825. The normalized spacial score (nSPS) is 34.0. The monoisotopic (exact) mass is 282 g/mol. The van der Waals surface area contributed by atoms with Crippen LogP contribution in [0.2, 0.25) is 0 Å². The Morgan fingerprint density at radius 2 is 1.50 bits per heavy atom. The molecule has 0 aliphatic carbocycles. The molecule has 0 bridgehead atoms. The van der Waals surface area contributed by atoms with E-state index in [9.17, 15) is 5.11 Å². The summed E-state index contributed by atoms with van der Waals surface area (Å²) in [4.78, 5) is 5.26. The van der Waals surface area contributed by atoms with Crippen molar-refractivity contribution < 1.29 is 9.84 Å². The van der Waals surface area contributed by atoms with Crippen LogP contribution in [0.15, 0.2) is 0 Å². The van der Waals surface area contributed by atoms with Gasteiger partial charge in [0.05, 0.1) is 6.61 Å². The van der Waals surface area contributed by atoms with Crippen molar-refractivity contribution in [3.05, 3.63) is 0 Å². The van der Waals surface area contributed by atoms with Gasteiger partial charge in [-0.1, -0.05) is 0 Å². The molecule has 3 rings (SSSR count). The highest BCUT2D eigenvalue weighted by Crippen LogP contribution is 2.26. The summed E-state index contributed by atoms with van der Waals surface area (Å²) in [6.45, 7) is 7.17. The summed E-state index contributed by atoms with van der Waals surface area (Å²) in [7, 11) is 0. The molecule has 3 saturated heterocycles. The first-order valence-electron chi connectivity index (χ1n) is 8.53. The molecule has 20 heavy (non-hydrogen) atoms. The minimum atomic E-state index is 0.340. The molecule has 3 heterocycles. The van der Waals surface area contributed by atoms with Gasteiger partial charge in [0.2, 0.25) is 0 Å². The maximum Gasteiger partial charge on any atom is 0.0586 e. The number of aliphatic hydroxyl groups excluding tert-OH is 1. The van der Waals surface area contributed by atoms with Crippen LogP contribution in [0.25, 0.3) is 0 Å². The summed E-state index contributed by atoms with van der Waals surface area (Å²) < 4.78 is 5.47. The Morgan fingerprint density at radius 1 is 0.850 bits per heavy atom. The third kappa shape index (κ3) is 3.53. The van der Waals surface area contributed by atoms with Crippen LogP contribution < -0.4 is 0 Å². The largest absolute Gasteiger partial charge is 0.395 e. The van der Waals surface area contributed by atoms with Crippen molar-refractivity contribution in [1.29, 1.82) is 0 Å². The molecular weight excluding hydrogens is 252 g/mol. The third-order valence-corrected chi connectivity index (χ3v) is 5.49. The molecule has 1 N–H and O–H groups in total. The predicted molar refractivity (Wildman–Crippen MR) is 79.8 cm³/mol. The van der Waals surface area contributed by atoms with Crippen LogP contribution in [0.3, 0.4) is 0 Å². The van der Waals surface area contributed by atoms with Crippen LogP contribution in [0.1, 0.15) is 38.5 Å². The fourth-order valence-corrected chi connectivity index (χ4v) is 4.22. The number of hydrogen-bond acceptors (Lipinski definition) is 4. The zero-order valence-electron chi connectivity index (χ0n) is 12.7. The highest BCUT2D eigenvalue weighted by Gasteiger charge is 2.32. The number of nitrogens with zero attached hydrogens (tertiary/aromatic N) is 2. The van der Waals surface area contributed by atoms with E-state index in [1.165, 1.54) is 64.7 Å². The molecule has 3 aliphatic heterocycles. The Bertz CT molecular complexity index is 294. The lowest BCUT2D eigenvalue weighted by Crippen LogP contribution is -2.45. The van der Waals surface area contributed by atoms with E-state index in [2.05, 4.69) is 9.80 Å². The highest BCUT2D eigenvalue weighted by atomic mass is 16.5. The second kappa shape index (κ2) is 7.21. The lowest BCUT2D eigenvalue weighted by molar-refractivity contribution is 0.0460. The molecule has 2 atom stereocenters. The van der Waals surface area contributed by atoms with E-state index in [1.807, 2.05) is 0 Å². The van der Waals surface area contributed by atoms with E-state index in [0.717, 1.165) is 25.2 Å². The van der Waals surface area contributed by atoms with Crippen molar-refractivity contribution in [3.8, 4) is 0 Å². The van der Waals surface area contributed by atoms with E-state index in [4.69, 9.17) is 4.74 Å². The van der Waals surface area contributed by atoms with E-state index < -0.39 is 0 Å².